The molecule has 1 rings (SSSR count). The van der Waals surface area contributed by atoms with E-state index in [4.69, 9.17) is 21.1 Å². The molecule has 0 aromatic heterocycles. The molecule has 72 valence electrons. The molecular weight excluding hydrogens is 176 g/mol. The fraction of sp³-hybridized carbons (Fsp3) is 1.00. The molecule has 3 heteroatoms. The number of hydrogen-bond donors (Lipinski definition) is 0. The summed E-state index contributed by atoms with van der Waals surface area (Å²) < 4.78 is 10.9. The Hall–Kier alpha value is 0.210. The third-order valence-corrected chi connectivity index (χ3v) is 2.49. The van der Waals surface area contributed by atoms with Crippen molar-refractivity contribution in [1.29, 1.82) is 0 Å². The summed E-state index contributed by atoms with van der Waals surface area (Å²) in [7, 11) is 0. The Bertz CT molecular complexity index is 113. The Morgan fingerprint density at radius 1 is 1.58 bits per heavy atom. The molecule has 0 amide bonds. The Balaban J connectivity index is 2.05. The lowest BCUT2D eigenvalue weighted by molar-refractivity contribution is -0.167. The van der Waals surface area contributed by atoms with Gasteiger partial charge in [-0.25, -0.2) is 0 Å². The average Bonchev–Trinajstić information content (AvgIpc) is 2.16. The van der Waals surface area contributed by atoms with Gasteiger partial charge in [-0.15, -0.1) is 11.6 Å². The van der Waals surface area contributed by atoms with Gasteiger partial charge >= 0.3 is 0 Å². The molecule has 2 nitrogen and oxygen atoms in total. The van der Waals surface area contributed by atoms with Crippen LogP contribution in [0.5, 0.6) is 0 Å². The van der Waals surface area contributed by atoms with Crippen LogP contribution in [0, 0.1) is 5.92 Å². The van der Waals surface area contributed by atoms with E-state index < -0.39 is 0 Å². The molecule has 12 heavy (non-hydrogen) atoms. The average molecular weight is 193 g/mol. The van der Waals surface area contributed by atoms with E-state index in [1.54, 1.807) is 0 Å². The van der Waals surface area contributed by atoms with E-state index in [0.29, 0.717) is 18.4 Å². The first kappa shape index (κ1) is 10.3. The van der Waals surface area contributed by atoms with Gasteiger partial charge in [0.05, 0.1) is 6.61 Å². The van der Waals surface area contributed by atoms with Crippen molar-refractivity contribution < 1.29 is 9.47 Å². The second kappa shape index (κ2) is 5.79. The van der Waals surface area contributed by atoms with Gasteiger partial charge in [-0.05, 0) is 25.2 Å². The molecule has 1 saturated heterocycles. The molecule has 2 atom stereocenters. The summed E-state index contributed by atoms with van der Waals surface area (Å²) in [5, 5.41) is 0. The summed E-state index contributed by atoms with van der Waals surface area (Å²) in [5.74, 6) is 1.09. The Kier molecular flexibility index (Phi) is 4.96. The van der Waals surface area contributed by atoms with Gasteiger partial charge in [-0.1, -0.05) is 6.92 Å². The van der Waals surface area contributed by atoms with Crippen LogP contribution in [0.4, 0.5) is 0 Å². The molecule has 0 aliphatic carbocycles. The largest absolute Gasteiger partial charge is 0.353 e. The molecule has 0 aromatic carbocycles. The van der Waals surface area contributed by atoms with Crippen LogP contribution in [0.2, 0.25) is 0 Å². The molecule has 0 N–H and O–H groups in total. The highest BCUT2D eigenvalue weighted by Gasteiger charge is 2.14. The van der Waals surface area contributed by atoms with Crippen molar-refractivity contribution in [3.63, 3.8) is 0 Å². The monoisotopic (exact) mass is 192 g/mol. The van der Waals surface area contributed by atoms with Crippen molar-refractivity contribution in [3.8, 4) is 0 Å². The first-order chi connectivity index (χ1) is 5.83. The summed E-state index contributed by atoms with van der Waals surface area (Å²) in [6.45, 7) is 3.64. The SMILES string of the molecule is CC(CCl)COC1CCCCO1. The molecule has 1 aliphatic heterocycles. The normalized spacial score (nSPS) is 27.0. The zero-order chi connectivity index (χ0) is 8.81. The van der Waals surface area contributed by atoms with Gasteiger partial charge in [0.15, 0.2) is 6.29 Å². The molecule has 0 bridgehead atoms. The fourth-order valence-corrected chi connectivity index (χ4v) is 1.25. The fourth-order valence-electron chi connectivity index (χ4n) is 1.16. The molecular formula is C9H17ClO2. The molecule has 0 radical (unpaired) electrons. The third kappa shape index (κ3) is 3.74. The highest BCUT2D eigenvalue weighted by Crippen LogP contribution is 2.14. The highest BCUT2D eigenvalue weighted by atomic mass is 35.5. The zero-order valence-corrected chi connectivity index (χ0v) is 8.35. The van der Waals surface area contributed by atoms with E-state index in [9.17, 15) is 0 Å². The quantitative estimate of drug-likeness (QED) is 0.637. The summed E-state index contributed by atoms with van der Waals surface area (Å²) in [5.41, 5.74) is 0. The minimum atomic E-state index is 0.0319. The second-order valence-corrected chi connectivity index (χ2v) is 3.70. The van der Waals surface area contributed by atoms with Gasteiger partial charge in [-0.2, -0.15) is 0 Å². The highest BCUT2D eigenvalue weighted by molar-refractivity contribution is 6.18. The maximum absolute atomic E-state index is 5.65. The molecule has 0 saturated carbocycles. The van der Waals surface area contributed by atoms with Crippen molar-refractivity contribution in [2.24, 2.45) is 5.92 Å². The van der Waals surface area contributed by atoms with E-state index in [0.717, 1.165) is 13.0 Å². The minimum Gasteiger partial charge on any atom is -0.353 e. The van der Waals surface area contributed by atoms with Crippen molar-refractivity contribution >= 4 is 11.6 Å². The minimum absolute atomic E-state index is 0.0319. The second-order valence-electron chi connectivity index (χ2n) is 3.39. The number of ether oxygens (including phenoxy) is 2. The Morgan fingerprint density at radius 3 is 3.00 bits per heavy atom. The van der Waals surface area contributed by atoms with E-state index in [-0.39, 0.29) is 6.29 Å². The van der Waals surface area contributed by atoms with Crippen molar-refractivity contribution in [2.75, 3.05) is 19.1 Å². The first-order valence-corrected chi connectivity index (χ1v) is 5.15. The van der Waals surface area contributed by atoms with E-state index in [2.05, 4.69) is 6.92 Å². The first-order valence-electron chi connectivity index (χ1n) is 4.62. The number of hydrogen-bond acceptors (Lipinski definition) is 2. The van der Waals surface area contributed by atoms with Gasteiger partial charge in [0.1, 0.15) is 0 Å². The van der Waals surface area contributed by atoms with E-state index in [1.165, 1.54) is 12.8 Å². The van der Waals surface area contributed by atoms with Crippen LogP contribution in [0.3, 0.4) is 0 Å². The smallest absolute Gasteiger partial charge is 0.157 e. The van der Waals surface area contributed by atoms with Gasteiger partial charge in [0.25, 0.3) is 0 Å². The standard InChI is InChI=1S/C9H17ClO2/c1-8(6-10)7-12-9-4-2-3-5-11-9/h8-9H,2-7H2,1H3. The van der Waals surface area contributed by atoms with Crippen LogP contribution in [0.15, 0.2) is 0 Å². The third-order valence-electron chi connectivity index (χ3n) is 1.97. The lowest BCUT2D eigenvalue weighted by Gasteiger charge is -2.23. The molecule has 0 spiro atoms. The maximum atomic E-state index is 5.65. The predicted octanol–water partition coefficient (Wildman–Crippen LogP) is 2.40. The zero-order valence-electron chi connectivity index (χ0n) is 7.59. The van der Waals surface area contributed by atoms with Crippen LogP contribution < -0.4 is 0 Å². The Morgan fingerprint density at radius 2 is 2.42 bits per heavy atom. The molecule has 1 aliphatic rings. The molecule has 1 fully saturated rings. The summed E-state index contributed by atoms with van der Waals surface area (Å²) in [6.07, 6.45) is 3.46. The van der Waals surface area contributed by atoms with Gasteiger partial charge < -0.3 is 9.47 Å². The molecule has 0 aromatic rings. The van der Waals surface area contributed by atoms with E-state index >= 15 is 0 Å². The van der Waals surface area contributed by atoms with Crippen LogP contribution >= 0.6 is 11.6 Å². The predicted molar refractivity (Wildman–Crippen MR) is 49.4 cm³/mol. The van der Waals surface area contributed by atoms with Crippen LogP contribution in [0.25, 0.3) is 0 Å². The lowest BCUT2D eigenvalue weighted by Crippen LogP contribution is -2.24. The lowest BCUT2D eigenvalue weighted by atomic mass is 10.2. The van der Waals surface area contributed by atoms with Crippen LogP contribution in [-0.2, 0) is 9.47 Å². The van der Waals surface area contributed by atoms with Gasteiger partial charge in [-0.3, -0.25) is 0 Å². The van der Waals surface area contributed by atoms with Crippen LogP contribution in [0.1, 0.15) is 26.2 Å². The number of rotatable bonds is 4. The van der Waals surface area contributed by atoms with E-state index in [1.807, 2.05) is 0 Å². The van der Waals surface area contributed by atoms with Crippen molar-refractivity contribution in [2.45, 2.75) is 32.5 Å². The number of halogens is 1. The molecule has 1 heterocycles. The van der Waals surface area contributed by atoms with Crippen molar-refractivity contribution in [3.05, 3.63) is 0 Å². The number of alkyl halides is 1. The van der Waals surface area contributed by atoms with Crippen LogP contribution in [-0.4, -0.2) is 25.4 Å². The molecule has 2 unspecified atom stereocenters. The van der Waals surface area contributed by atoms with Gasteiger partial charge in [0, 0.05) is 12.5 Å². The van der Waals surface area contributed by atoms with Gasteiger partial charge in [0.2, 0.25) is 0 Å². The summed E-state index contributed by atoms with van der Waals surface area (Å²) in [4.78, 5) is 0. The summed E-state index contributed by atoms with van der Waals surface area (Å²) in [6, 6.07) is 0. The maximum Gasteiger partial charge on any atom is 0.157 e. The Labute approximate surface area is 79.2 Å². The summed E-state index contributed by atoms with van der Waals surface area (Å²) >= 11 is 5.65. The topological polar surface area (TPSA) is 18.5 Å². The van der Waals surface area contributed by atoms with Crippen molar-refractivity contribution in [1.82, 2.24) is 0 Å².